The number of hydrogen-bond acceptors (Lipinski definition) is 3. The Morgan fingerprint density at radius 2 is 2.00 bits per heavy atom. The predicted octanol–water partition coefficient (Wildman–Crippen LogP) is 3.34. The standard InChI is InChI=1S/C18H20N4/c1-2-6-17-16(5-1)20-18(21-17)15-4-3-11-22(13-15)12-14-7-9-19-10-8-14/h1-2,5-10,15H,3-4,11-13H2,(H,20,21). The van der Waals surface area contributed by atoms with Gasteiger partial charge in [-0.1, -0.05) is 12.1 Å². The molecular weight excluding hydrogens is 272 g/mol. The molecule has 0 saturated carbocycles. The molecular formula is C18H20N4. The Kier molecular flexibility index (Phi) is 3.60. The molecule has 1 unspecified atom stereocenters. The normalized spacial score (nSPS) is 19.5. The van der Waals surface area contributed by atoms with Crippen LogP contribution in [0.15, 0.2) is 48.8 Å². The van der Waals surface area contributed by atoms with Gasteiger partial charge in [0.2, 0.25) is 0 Å². The van der Waals surface area contributed by atoms with Gasteiger partial charge in [-0.25, -0.2) is 4.98 Å². The first-order chi connectivity index (χ1) is 10.9. The van der Waals surface area contributed by atoms with Crippen molar-refractivity contribution in [2.45, 2.75) is 25.3 Å². The molecule has 2 aromatic heterocycles. The minimum Gasteiger partial charge on any atom is -0.342 e. The number of aromatic amines is 1. The second kappa shape index (κ2) is 5.89. The number of nitrogens with zero attached hydrogens (tertiary/aromatic N) is 3. The first-order valence-corrected chi connectivity index (χ1v) is 7.94. The highest BCUT2D eigenvalue weighted by molar-refractivity contribution is 5.74. The summed E-state index contributed by atoms with van der Waals surface area (Å²) in [4.78, 5) is 14.9. The summed E-state index contributed by atoms with van der Waals surface area (Å²) in [6.45, 7) is 3.24. The number of pyridine rings is 1. The molecule has 1 aliphatic heterocycles. The van der Waals surface area contributed by atoms with E-state index in [-0.39, 0.29) is 0 Å². The third kappa shape index (κ3) is 2.74. The van der Waals surface area contributed by atoms with Crippen LogP contribution in [0.25, 0.3) is 11.0 Å². The molecule has 0 amide bonds. The molecule has 0 spiro atoms. The molecule has 1 N–H and O–H groups in total. The van der Waals surface area contributed by atoms with Crippen LogP contribution in [0.3, 0.4) is 0 Å². The summed E-state index contributed by atoms with van der Waals surface area (Å²) in [7, 11) is 0. The van der Waals surface area contributed by atoms with Gasteiger partial charge in [0.15, 0.2) is 0 Å². The highest BCUT2D eigenvalue weighted by Gasteiger charge is 2.23. The van der Waals surface area contributed by atoms with E-state index in [4.69, 9.17) is 4.98 Å². The van der Waals surface area contributed by atoms with Crippen LogP contribution in [-0.4, -0.2) is 32.9 Å². The smallest absolute Gasteiger partial charge is 0.111 e. The van der Waals surface area contributed by atoms with Crippen LogP contribution >= 0.6 is 0 Å². The maximum atomic E-state index is 4.79. The Morgan fingerprint density at radius 3 is 2.86 bits per heavy atom. The van der Waals surface area contributed by atoms with E-state index in [9.17, 15) is 0 Å². The monoisotopic (exact) mass is 292 g/mol. The van der Waals surface area contributed by atoms with Crippen molar-refractivity contribution in [1.29, 1.82) is 0 Å². The molecule has 4 nitrogen and oxygen atoms in total. The van der Waals surface area contributed by atoms with Gasteiger partial charge in [-0.3, -0.25) is 9.88 Å². The van der Waals surface area contributed by atoms with Gasteiger partial charge in [0.25, 0.3) is 0 Å². The maximum absolute atomic E-state index is 4.79. The van der Waals surface area contributed by atoms with Crippen molar-refractivity contribution in [1.82, 2.24) is 19.9 Å². The third-order valence-corrected chi connectivity index (χ3v) is 4.46. The third-order valence-electron chi connectivity index (χ3n) is 4.46. The molecule has 1 fully saturated rings. The fraction of sp³-hybridized carbons (Fsp3) is 0.333. The Hall–Kier alpha value is -2.20. The van der Waals surface area contributed by atoms with Crippen molar-refractivity contribution in [3.63, 3.8) is 0 Å². The average molecular weight is 292 g/mol. The number of likely N-dealkylation sites (tertiary alicyclic amines) is 1. The number of benzene rings is 1. The summed E-state index contributed by atoms with van der Waals surface area (Å²) in [6, 6.07) is 12.5. The van der Waals surface area contributed by atoms with Crippen LogP contribution in [0.2, 0.25) is 0 Å². The lowest BCUT2D eigenvalue weighted by Gasteiger charge is -2.31. The fourth-order valence-electron chi connectivity index (χ4n) is 3.33. The number of imidazole rings is 1. The van der Waals surface area contributed by atoms with Gasteiger partial charge in [-0.05, 0) is 49.2 Å². The topological polar surface area (TPSA) is 44.8 Å². The summed E-state index contributed by atoms with van der Waals surface area (Å²) in [5.74, 6) is 1.64. The molecule has 0 bridgehead atoms. The number of nitrogens with one attached hydrogen (secondary N) is 1. The zero-order valence-corrected chi connectivity index (χ0v) is 12.6. The number of H-pyrrole nitrogens is 1. The van der Waals surface area contributed by atoms with E-state index in [1.165, 1.54) is 24.9 Å². The lowest BCUT2D eigenvalue weighted by molar-refractivity contribution is 0.197. The Balaban J connectivity index is 1.50. The van der Waals surface area contributed by atoms with Crippen molar-refractivity contribution in [2.24, 2.45) is 0 Å². The number of rotatable bonds is 3. The average Bonchev–Trinajstić information content (AvgIpc) is 3.00. The molecule has 4 rings (SSSR count). The molecule has 1 aromatic carbocycles. The second-order valence-corrected chi connectivity index (χ2v) is 6.07. The van der Waals surface area contributed by atoms with Gasteiger partial charge in [-0.2, -0.15) is 0 Å². The summed E-state index contributed by atoms with van der Waals surface area (Å²) in [6.07, 6.45) is 6.19. The highest BCUT2D eigenvalue weighted by Crippen LogP contribution is 2.27. The first-order valence-electron chi connectivity index (χ1n) is 7.94. The summed E-state index contributed by atoms with van der Waals surface area (Å²) < 4.78 is 0. The van der Waals surface area contributed by atoms with Gasteiger partial charge in [0.1, 0.15) is 5.82 Å². The molecule has 4 heteroatoms. The van der Waals surface area contributed by atoms with E-state index in [1.54, 1.807) is 0 Å². The van der Waals surface area contributed by atoms with Crippen LogP contribution in [-0.2, 0) is 6.54 Å². The number of hydrogen-bond donors (Lipinski definition) is 1. The van der Waals surface area contributed by atoms with Crippen LogP contribution in [0.1, 0.15) is 30.1 Å². The molecule has 3 aromatic rings. The van der Waals surface area contributed by atoms with E-state index < -0.39 is 0 Å². The SMILES string of the molecule is c1ccc2[nH]c(C3CCCN(Cc4ccncc4)C3)nc2c1. The van der Waals surface area contributed by atoms with Gasteiger partial charge in [-0.15, -0.1) is 0 Å². The van der Waals surface area contributed by atoms with E-state index in [0.29, 0.717) is 5.92 Å². The summed E-state index contributed by atoms with van der Waals surface area (Å²) in [5, 5.41) is 0. The summed E-state index contributed by atoms with van der Waals surface area (Å²) >= 11 is 0. The van der Waals surface area contributed by atoms with Gasteiger partial charge in [0, 0.05) is 31.4 Å². The van der Waals surface area contributed by atoms with Crippen LogP contribution in [0.5, 0.6) is 0 Å². The zero-order chi connectivity index (χ0) is 14.8. The maximum Gasteiger partial charge on any atom is 0.111 e. The van der Waals surface area contributed by atoms with Crippen molar-refractivity contribution in [3.05, 3.63) is 60.2 Å². The van der Waals surface area contributed by atoms with Crippen LogP contribution in [0.4, 0.5) is 0 Å². The van der Waals surface area contributed by atoms with Crippen molar-refractivity contribution >= 4 is 11.0 Å². The van der Waals surface area contributed by atoms with Crippen LogP contribution < -0.4 is 0 Å². The molecule has 1 atom stereocenters. The Bertz CT molecular complexity index is 717. The van der Waals surface area contributed by atoms with E-state index >= 15 is 0 Å². The van der Waals surface area contributed by atoms with Gasteiger partial charge >= 0.3 is 0 Å². The number of para-hydroxylation sites is 2. The highest BCUT2D eigenvalue weighted by atomic mass is 15.1. The zero-order valence-electron chi connectivity index (χ0n) is 12.6. The molecule has 1 saturated heterocycles. The number of piperidine rings is 1. The molecule has 0 radical (unpaired) electrons. The van der Waals surface area contributed by atoms with Crippen molar-refractivity contribution < 1.29 is 0 Å². The lowest BCUT2D eigenvalue weighted by atomic mass is 9.97. The van der Waals surface area contributed by atoms with Crippen molar-refractivity contribution in [3.8, 4) is 0 Å². The van der Waals surface area contributed by atoms with Crippen molar-refractivity contribution in [2.75, 3.05) is 13.1 Å². The molecule has 3 heterocycles. The van der Waals surface area contributed by atoms with E-state index in [0.717, 1.165) is 29.9 Å². The van der Waals surface area contributed by atoms with E-state index in [2.05, 4.69) is 45.2 Å². The molecule has 22 heavy (non-hydrogen) atoms. The van der Waals surface area contributed by atoms with Gasteiger partial charge in [0.05, 0.1) is 11.0 Å². The molecule has 1 aliphatic rings. The molecule has 0 aliphatic carbocycles. The predicted molar refractivity (Wildman–Crippen MR) is 87.6 cm³/mol. The quantitative estimate of drug-likeness (QED) is 0.805. The second-order valence-electron chi connectivity index (χ2n) is 6.07. The Labute approximate surface area is 130 Å². The fourth-order valence-corrected chi connectivity index (χ4v) is 3.33. The van der Waals surface area contributed by atoms with Crippen LogP contribution in [0, 0.1) is 0 Å². The van der Waals surface area contributed by atoms with E-state index in [1.807, 2.05) is 18.5 Å². The first kappa shape index (κ1) is 13.5. The Morgan fingerprint density at radius 1 is 1.14 bits per heavy atom. The summed E-state index contributed by atoms with van der Waals surface area (Å²) in [5.41, 5.74) is 3.55. The number of fused-ring (bicyclic) bond motifs is 1. The minimum atomic E-state index is 0.503. The number of aromatic nitrogens is 3. The molecule has 112 valence electrons. The lowest BCUT2D eigenvalue weighted by Crippen LogP contribution is -2.34. The van der Waals surface area contributed by atoms with Gasteiger partial charge < -0.3 is 4.98 Å². The minimum absolute atomic E-state index is 0.503. The largest absolute Gasteiger partial charge is 0.342 e.